The summed E-state index contributed by atoms with van der Waals surface area (Å²) in [6, 6.07) is 6.64. The second kappa shape index (κ2) is 10.8. The second-order valence-electron chi connectivity index (χ2n) is 7.15. The van der Waals surface area contributed by atoms with E-state index in [0.717, 1.165) is 11.3 Å². The Morgan fingerprint density at radius 2 is 1.84 bits per heavy atom. The van der Waals surface area contributed by atoms with Crippen LogP contribution in [0.3, 0.4) is 0 Å². The molecule has 0 saturated carbocycles. The molecular formula is C21H29N5O4S. The number of nitrogens with zero attached hydrogens (tertiary/aromatic N) is 3. The highest BCUT2D eigenvalue weighted by atomic mass is 32.2. The topological polar surface area (TPSA) is 120 Å². The van der Waals surface area contributed by atoms with Gasteiger partial charge in [0.1, 0.15) is 11.5 Å². The van der Waals surface area contributed by atoms with Crippen LogP contribution in [0.25, 0.3) is 0 Å². The molecule has 10 heteroatoms. The third-order valence-corrected chi connectivity index (χ3v) is 4.81. The zero-order valence-electron chi connectivity index (χ0n) is 18.6. The van der Waals surface area contributed by atoms with Crippen molar-refractivity contribution < 1.29 is 18.5 Å². The number of carbonyl (C=O) groups excluding carboxylic acids is 1. The highest BCUT2D eigenvalue weighted by Crippen LogP contribution is 2.28. The first-order chi connectivity index (χ1) is 14.7. The number of benzene rings is 1. The first kappa shape index (κ1) is 24.1. The van der Waals surface area contributed by atoms with Crippen LogP contribution in [-0.4, -0.2) is 45.9 Å². The lowest BCUT2D eigenvalue weighted by Gasteiger charge is -2.15. The molecule has 31 heavy (non-hydrogen) atoms. The first-order valence-corrected chi connectivity index (χ1v) is 10.9. The molecule has 0 radical (unpaired) electrons. The van der Waals surface area contributed by atoms with Crippen LogP contribution in [0.5, 0.6) is 5.75 Å². The molecule has 1 unspecified atom stereocenters. The number of aryl methyl sites for hydroxylation is 2. The molecule has 1 aliphatic heterocycles. The van der Waals surface area contributed by atoms with Gasteiger partial charge in [-0.2, -0.15) is 0 Å². The van der Waals surface area contributed by atoms with Crippen LogP contribution in [0.2, 0.25) is 0 Å². The van der Waals surface area contributed by atoms with Gasteiger partial charge in [0.25, 0.3) is 17.1 Å². The maximum absolute atomic E-state index is 12.2. The molecule has 0 spiro atoms. The predicted molar refractivity (Wildman–Crippen MR) is 124 cm³/mol. The van der Waals surface area contributed by atoms with Crippen LogP contribution in [0, 0.1) is 13.8 Å². The average molecular weight is 448 g/mol. The van der Waals surface area contributed by atoms with E-state index in [-0.39, 0.29) is 34.6 Å². The van der Waals surface area contributed by atoms with Gasteiger partial charge in [0.2, 0.25) is 0 Å². The molecule has 2 heterocycles. The Kier molecular flexibility index (Phi) is 8.38. The summed E-state index contributed by atoms with van der Waals surface area (Å²) < 4.78 is 25.2. The fourth-order valence-corrected chi connectivity index (χ4v) is 3.19. The Bertz CT molecular complexity index is 1010. The van der Waals surface area contributed by atoms with Gasteiger partial charge in [-0.05, 0) is 37.6 Å². The Hall–Kier alpha value is -3.14. The van der Waals surface area contributed by atoms with E-state index in [9.17, 15) is 14.1 Å². The number of rotatable bonds is 4. The van der Waals surface area contributed by atoms with Crippen LogP contribution in [0.15, 0.2) is 37.5 Å². The van der Waals surface area contributed by atoms with Crippen LogP contribution in [0.1, 0.15) is 47.7 Å². The van der Waals surface area contributed by atoms with Gasteiger partial charge in [0.05, 0.1) is 17.8 Å². The van der Waals surface area contributed by atoms with E-state index >= 15 is 0 Å². The maximum atomic E-state index is 12.2. The third-order valence-electron chi connectivity index (χ3n) is 4.14. The molecule has 2 aromatic rings. The number of para-hydroxylation sites is 1. The molecule has 1 aromatic carbocycles. The number of phenolic OH excluding ortho intramolecular Hbond substituents is 1. The van der Waals surface area contributed by atoms with Gasteiger partial charge >= 0.3 is 0 Å². The predicted octanol–water partition coefficient (Wildman–Crippen LogP) is 3.31. The summed E-state index contributed by atoms with van der Waals surface area (Å²) in [5.74, 6) is 1.44. The third kappa shape index (κ3) is 6.17. The molecule has 0 saturated heterocycles. The number of nitrogens with one attached hydrogen (secondary N) is 2. The quantitative estimate of drug-likeness (QED) is 0.619. The lowest BCUT2D eigenvalue weighted by atomic mass is 10.1. The number of anilines is 1. The number of phenols is 1. The van der Waals surface area contributed by atoms with Crippen molar-refractivity contribution in [3.05, 3.63) is 46.9 Å². The van der Waals surface area contributed by atoms with Crippen molar-refractivity contribution in [2.24, 2.45) is 8.80 Å². The molecule has 1 amide bonds. The number of furan rings is 1. The molecule has 0 aliphatic carbocycles. The minimum Gasteiger partial charge on any atom is -0.505 e. The van der Waals surface area contributed by atoms with E-state index in [4.69, 9.17) is 4.42 Å². The van der Waals surface area contributed by atoms with Crippen molar-refractivity contribution in [2.75, 3.05) is 19.4 Å². The molecule has 1 atom stereocenters. The van der Waals surface area contributed by atoms with Crippen LogP contribution < -0.4 is 10.6 Å². The van der Waals surface area contributed by atoms with E-state index in [1.165, 1.54) is 17.4 Å². The van der Waals surface area contributed by atoms with Gasteiger partial charge in [-0.25, -0.2) is 4.21 Å². The van der Waals surface area contributed by atoms with Crippen LogP contribution >= 0.6 is 0 Å². The fourth-order valence-electron chi connectivity index (χ4n) is 2.55. The summed E-state index contributed by atoms with van der Waals surface area (Å²) in [4.78, 5) is 13.5. The highest BCUT2D eigenvalue weighted by Gasteiger charge is 2.22. The van der Waals surface area contributed by atoms with Gasteiger partial charge in [-0.3, -0.25) is 4.79 Å². The van der Waals surface area contributed by atoms with Gasteiger partial charge in [0.15, 0.2) is 17.4 Å². The summed E-state index contributed by atoms with van der Waals surface area (Å²) in [5, 5.41) is 16.4. The van der Waals surface area contributed by atoms with Gasteiger partial charge < -0.3 is 25.1 Å². The maximum Gasteiger partial charge on any atom is 0.269 e. The Morgan fingerprint density at radius 3 is 2.42 bits per heavy atom. The SMILES string of the molecule is CCC.Cc1cc(CNC2=NS(=O)N=C2Nc2cccc(C(=O)N(C)C)c2O)oc1C. The normalized spacial score (nSPS) is 14.8. The van der Waals surface area contributed by atoms with E-state index in [0.29, 0.717) is 12.3 Å². The summed E-state index contributed by atoms with van der Waals surface area (Å²) in [6.07, 6.45) is 1.25. The first-order valence-electron chi connectivity index (χ1n) is 9.88. The molecular weight excluding hydrogens is 418 g/mol. The molecule has 1 aliphatic rings. The monoisotopic (exact) mass is 447 g/mol. The largest absolute Gasteiger partial charge is 0.505 e. The van der Waals surface area contributed by atoms with Crippen molar-refractivity contribution in [1.29, 1.82) is 0 Å². The second-order valence-corrected chi connectivity index (χ2v) is 7.98. The van der Waals surface area contributed by atoms with E-state index in [1.807, 2.05) is 19.9 Å². The van der Waals surface area contributed by atoms with E-state index < -0.39 is 11.2 Å². The van der Waals surface area contributed by atoms with E-state index in [1.54, 1.807) is 26.2 Å². The van der Waals surface area contributed by atoms with Gasteiger partial charge in [-0.15, -0.1) is 8.80 Å². The molecule has 3 rings (SSSR count). The van der Waals surface area contributed by atoms with Crippen LogP contribution in [-0.2, 0) is 17.7 Å². The average Bonchev–Trinajstić information content (AvgIpc) is 3.22. The number of hydrogen-bond donors (Lipinski definition) is 3. The summed E-state index contributed by atoms with van der Waals surface area (Å²) in [6.45, 7) is 8.40. The zero-order valence-corrected chi connectivity index (χ0v) is 19.5. The van der Waals surface area contributed by atoms with Crippen molar-refractivity contribution in [3.63, 3.8) is 0 Å². The lowest BCUT2D eigenvalue weighted by Crippen LogP contribution is -2.33. The smallest absolute Gasteiger partial charge is 0.269 e. The minimum atomic E-state index is -1.78. The number of aromatic hydroxyl groups is 1. The summed E-state index contributed by atoms with van der Waals surface area (Å²) in [7, 11) is 3.19. The molecule has 0 fully saturated rings. The minimum absolute atomic E-state index is 0.141. The Balaban J connectivity index is 0.00000107. The number of hydrogen-bond acceptors (Lipinski definition) is 6. The molecule has 0 bridgehead atoms. The number of amides is 1. The summed E-state index contributed by atoms with van der Waals surface area (Å²) in [5.41, 5.74) is 1.43. The van der Waals surface area contributed by atoms with Gasteiger partial charge in [0, 0.05) is 14.1 Å². The zero-order chi connectivity index (χ0) is 23.1. The highest BCUT2D eigenvalue weighted by molar-refractivity contribution is 7.83. The number of amidine groups is 2. The molecule has 168 valence electrons. The number of carbonyl (C=O) groups is 1. The van der Waals surface area contributed by atoms with Crippen molar-refractivity contribution in [1.82, 2.24) is 10.2 Å². The lowest BCUT2D eigenvalue weighted by molar-refractivity contribution is 0.0824. The molecule has 9 nitrogen and oxygen atoms in total. The standard InChI is InChI=1S/C18H21N5O4S.C3H8/c1-10-8-12(27-11(10)2)9-19-16-17(22-28(26)21-16)20-14-7-5-6-13(15(14)24)18(25)23(3)4;1-3-2/h5-8,24H,9H2,1-4H3,(H,19,21)(H,20,22);3H2,1-2H3. The molecule has 3 N–H and O–H groups in total. The summed E-state index contributed by atoms with van der Waals surface area (Å²) >= 11 is -1.78. The van der Waals surface area contributed by atoms with Crippen molar-refractivity contribution in [2.45, 2.75) is 40.7 Å². The van der Waals surface area contributed by atoms with E-state index in [2.05, 4.69) is 33.3 Å². The van der Waals surface area contributed by atoms with Gasteiger partial charge in [-0.1, -0.05) is 26.3 Å². The van der Waals surface area contributed by atoms with Crippen LogP contribution in [0.4, 0.5) is 5.69 Å². The van der Waals surface area contributed by atoms with Crippen molar-refractivity contribution >= 4 is 34.4 Å². The Labute approximate surface area is 185 Å². The Morgan fingerprint density at radius 1 is 1.19 bits per heavy atom. The molecule has 1 aromatic heterocycles. The van der Waals surface area contributed by atoms with Crippen molar-refractivity contribution in [3.8, 4) is 5.75 Å². The fraction of sp³-hybridized carbons (Fsp3) is 0.381.